The zero-order valence-corrected chi connectivity index (χ0v) is 19.3. The summed E-state index contributed by atoms with van der Waals surface area (Å²) in [5.74, 6) is 1.29. The molecule has 0 amide bonds. The van der Waals surface area contributed by atoms with Crippen LogP contribution in [0.25, 0.3) is 0 Å². The van der Waals surface area contributed by atoms with Crippen LogP contribution in [0.15, 0.2) is 57.5 Å². The molecule has 2 aromatic carbocycles. The molecular weight excluding hydrogens is 443 g/mol. The zero-order chi connectivity index (χ0) is 23.2. The van der Waals surface area contributed by atoms with Crippen molar-refractivity contribution in [1.29, 1.82) is 0 Å². The number of hydrogen-bond acceptors (Lipinski definition) is 7. The van der Waals surface area contributed by atoms with Gasteiger partial charge in [0.2, 0.25) is 5.16 Å². The van der Waals surface area contributed by atoms with E-state index in [-0.39, 0.29) is 28.3 Å². The molecule has 1 aliphatic rings. The van der Waals surface area contributed by atoms with Crippen LogP contribution in [-0.2, 0) is 5.75 Å². The van der Waals surface area contributed by atoms with Crippen LogP contribution in [0, 0.1) is 12.7 Å². The zero-order valence-electron chi connectivity index (χ0n) is 18.5. The fourth-order valence-electron chi connectivity index (χ4n) is 3.57. The van der Waals surface area contributed by atoms with E-state index < -0.39 is 0 Å². The van der Waals surface area contributed by atoms with Gasteiger partial charge >= 0.3 is 0 Å². The Morgan fingerprint density at radius 1 is 1.18 bits per heavy atom. The number of halogens is 1. The van der Waals surface area contributed by atoms with Crippen molar-refractivity contribution >= 4 is 18.0 Å². The molecule has 1 aliphatic carbocycles. The number of rotatable bonds is 8. The first-order chi connectivity index (χ1) is 16.0. The van der Waals surface area contributed by atoms with Gasteiger partial charge in [-0.2, -0.15) is 9.78 Å². The lowest BCUT2D eigenvalue weighted by molar-refractivity contribution is 0.201. The molecule has 9 heteroatoms. The molecule has 1 fully saturated rings. The standard InChI is InChI=1S/C24H25FN4O3S/c1-16-23(30)29(24(28-27-16)33-15-18-7-3-6-10-20(18)25)26-14-17-11-12-21(31-2)22(13-17)32-19-8-4-5-9-19/h3,6-7,10-14,19H,4-5,8-9,15H2,1-2H3. The second-order valence-electron chi connectivity index (χ2n) is 7.74. The molecular formula is C24H25FN4O3S. The molecule has 3 aromatic rings. The second-order valence-corrected chi connectivity index (χ2v) is 8.69. The highest BCUT2D eigenvalue weighted by atomic mass is 32.2. The van der Waals surface area contributed by atoms with E-state index in [9.17, 15) is 9.18 Å². The third-order valence-corrected chi connectivity index (χ3v) is 6.36. The summed E-state index contributed by atoms with van der Waals surface area (Å²) in [5.41, 5.74) is 1.10. The fraction of sp³-hybridized carbons (Fsp3) is 0.333. The molecule has 7 nitrogen and oxygen atoms in total. The third-order valence-electron chi connectivity index (χ3n) is 5.39. The smallest absolute Gasteiger partial charge is 0.296 e. The topological polar surface area (TPSA) is 78.6 Å². The van der Waals surface area contributed by atoms with Gasteiger partial charge in [0.25, 0.3) is 5.56 Å². The Balaban J connectivity index is 1.59. The van der Waals surface area contributed by atoms with Crippen molar-refractivity contribution in [2.24, 2.45) is 5.10 Å². The van der Waals surface area contributed by atoms with E-state index in [1.54, 1.807) is 38.4 Å². The quantitative estimate of drug-likeness (QED) is 0.355. The molecule has 1 saturated carbocycles. The van der Waals surface area contributed by atoms with Crippen LogP contribution in [-0.4, -0.2) is 34.3 Å². The number of methoxy groups -OCH3 is 1. The largest absolute Gasteiger partial charge is 0.493 e. The van der Waals surface area contributed by atoms with Crippen LogP contribution in [0.3, 0.4) is 0 Å². The number of ether oxygens (including phenoxy) is 2. The van der Waals surface area contributed by atoms with Crippen LogP contribution in [0.4, 0.5) is 4.39 Å². The van der Waals surface area contributed by atoms with E-state index in [1.807, 2.05) is 18.2 Å². The van der Waals surface area contributed by atoms with Gasteiger partial charge in [-0.25, -0.2) is 4.39 Å². The maximum atomic E-state index is 14.0. The van der Waals surface area contributed by atoms with Gasteiger partial charge in [0.15, 0.2) is 11.5 Å². The minimum absolute atomic E-state index is 0.183. The molecule has 0 saturated heterocycles. The number of aromatic nitrogens is 3. The van der Waals surface area contributed by atoms with Gasteiger partial charge in [-0.3, -0.25) is 4.79 Å². The minimum Gasteiger partial charge on any atom is -0.493 e. The van der Waals surface area contributed by atoms with Crippen molar-refractivity contribution < 1.29 is 13.9 Å². The van der Waals surface area contributed by atoms with E-state index in [4.69, 9.17) is 9.47 Å². The van der Waals surface area contributed by atoms with Crippen LogP contribution < -0.4 is 15.0 Å². The van der Waals surface area contributed by atoms with Crippen molar-refractivity contribution in [1.82, 2.24) is 14.9 Å². The van der Waals surface area contributed by atoms with Crippen LogP contribution >= 0.6 is 11.8 Å². The van der Waals surface area contributed by atoms with Crippen molar-refractivity contribution in [2.45, 2.75) is 49.6 Å². The summed E-state index contributed by atoms with van der Waals surface area (Å²) in [6.45, 7) is 1.58. The van der Waals surface area contributed by atoms with Crippen molar-refractivity contribution in [3.8, 4) is 11.5 Å². The summed E-state index contributed by atoms with van der Waals surface area (Å²) >= 11 is 1.19. The van der Waals surface area contributed by atoms with Gasteiger partial charge in [0, 0.05) is 5.75 Å². The van der Waals surface area contributed by atoms with Gasteiger partial charge in [-0.1, -0.05) is 30.0 Å². The third kappa shape index (κ3) is 5.60. The predicted molar refractivity (Wildman–Crippen MR) is 126 cm³/mol. The van der Waals surface area contributed by atoms with Gasteiger partial charge in [0.1, 0.15) is 11.5 Å². The highest BCUT2D eigenvalue weighted by molar-refractivity contribution is 7.98. The summed E-state index contributed by atoms with van der Waals surface area (Å²) in [7, 11) is 1.61. The van der Waals surface area contributed by atoms with Crippen LogP contribution in [0.5, 0.6) is 11.5 Å². The highest BCUT2D eigenvalue weighted by Gasteiger charge is 2.18. The Kier molecular flexibility index (Phi) is 7.39. The SMILES string of the molecule is COc1ccc(C=Nn2c(SCc3ccccc3F)nnc(C)c2=O)cc1OC1CCCC1. The molecule has 0 N–H and O–H groups in total. The molecule has 33 heavy (non-hydrogen) atoms. The lowest BCUT2D eigenvalue weighted by Crippen LogP contribution is -2.23. The Labute approximate surface area is 195 Å². The molecule has 0 bridgehead atoms. The molecule has 4 rings (SSSR count). The van der Waals surface area contributed by atoms with Crippen LogP contribution in [0.2, 0.25) is 0 Å². The van der Waals surface area contributed by atoms with E-state index in [1.165, 1.54) is 35.3 Å². The molecule has 0 unspecified atom stereocenters. The monoisotopic (exact) mass is 468 g/mol. The Hall–Kier alpha value is -3.20. The Morgan fingerprint density at radius 2 is 1.97 bits per heavy atom. The molecule has 1 heterocycles. The summed E-state index contributed by atoms with van der Waals surface area (Å²) in [6.07, 6.45) is 6.14. The lowest BCUT2D eigenvalue weighted by Gasteiger charge is -2.16. The lowest BCUT2D eigenvalue weighted by atomic mass is 10.2. The van der Waals surface area contributed by atoms with Gasteiger partial charge in [-0.15, -0.1) is 10.2 Å². The number of aryl methyl sites for hydroxylation is 1. The molecule has 0 spiro atoms. The maximum absolute atomic E-state index is 14.0. The molecule has 1 aromatic heterocycles. The summed E-state index contributed by atoms with van der Waals surface area (Å²) in [5, 5.41) is 12.7. The van der Waals surface area contributed by atoms with Gasteiger partial charge < -0.3 is 9.47 Å². The van der Waals surface area contributed by atoms with Crippen molar-refractivity contribution in [3.63, 3.8) is 0 Å². The minimum atomic E-state index is -0.381. The fourth-order valence-corrected chi connectivity index (χ4v) is 4.44. The van der Waals surface area contributed by atoms with Crippen molar-refractivity contribution in [2.75, 3.05) is 7.11 Å². The van der Waals surface area contributed by atoms with Crippen molar-refractivity contribution in [3.05, 3.63) is 75.5 Å². The van der Waals surface area contributed by atoms with E-state index in [0.29, 0.717) is 22.8 Å². The Morgan fingerprint density at radius 3 is 2.73 bits per heavy atom. The normalized spacial score (nSPS) is 14.2. The molecule has 172 valence electrons. The first-order valence-electron chi connectivity index (χ1n) is 10.8. The average Bonchev–Trinajstić information content (AvgIpc) is 3.33. The number of benzene rings is 2. The van der Waals surface area contributed by atoms with Gasteiger partial charge in [0.05, 0.1) is 19.4 Å². The summed E-state index contributed by atoms with van der Waals surface area (Å²) < 4.78 is 26.7. The van der Waals surface area contributed by atoms with Gasteiger partial charge in [-0.05, 0) is 68.0 Å². The Bertz CT molecular complexity index is 1210. The maximum Gasteiger partial charge on any atom is 0.296 e. The highest BCUT2D eigenvalue weighted by Crippen LogP contribution is 2.32. The summed E-state index contributed by atoms with van der Waals surface area (Å²) in [4.78, 5) is 12.7. The first kappa shape index (κ1) is 23.0. The average molecular weight is 469 g/mol. The number of nitrogens with zero attached hydrogens (tertiary/aromatic N) is 4. The second kappa shape index (κ2) is 10.6. The first-order valence-corrected chi connectivity index (χ1v) is 11.8. The molecule has 0 radical (unpaired) electrons. The predicted octanol–water partition coefficient (Wildman–Crippen LogP) is 4.59. The molecule has 0 atom stereocenters. The van der Waals surface area contributed by atoms with E-state index in [0.717, 1.165) is 18.4 Å². The number of thioether (sulfide) groups is 1. The van der Waals surface area contributed by atoms with E-state index >= 15 is 0 Å². The van der Waals surface area contributed by atoms with Crippen LogP contribution in [0.1, 0.15) is 42.5 Å². The number of hydrogen-bond donors (Lipinski definition) is 0. The summed E-state index contributed by atoms with van der Waals surface area (Å²) in [6, 6.07) is 12.0. The van der Waals surface area contributed by atoms with E-state index in [2.05, 4.69) is 15.3 Å². The molecule has 0 aliphatic heterocycles.